The second kappa shape index (κ2) is 15.7. The van der Waals surface area contributed by atoms with Crippen molar-refractivity contribution in [2.45, 2.75) is 88.4 Å². The van der Waals surface area contributed by atoms with Crippen molar-refractivity contribution in [1.82, 2.24) is 21.3 Å². The third kappa shape index (κ3) is 9.88. The number of hydrogen-bond acceptors (Lipinski definition) is 7. The van der Waals surface area contributed by atoms with Gasteiger partial charge < -0.3 is 42.3 Å². The first kappa shape index (κ1) is 35.1. The molecule has 4 amide bonds. The van der Waals surface area contributed by atoms with E-state index in [1.165, 1.54) is 0 Å². The zero-order valence-corrected chi connectivity index (χ0v) is 26.1. The molecule has 0 saturated heterocycles. The molecule has 2 aliphatic rings. The zero-order chi connectivity index (χ0) is 34.1. The summed E-state index contributed by atoms with van der Waals surface area (Å²) < 4.78 is 0. The summed E-state index contributed by atoms with van der Waals surface area (Å²) in [6.45, 7) is 0.197. The zero-order valence-electron chi connectivity index (χ0n) is 26.1. The largest absolute Gasteiger partial charge is 0.481 e. The molecule has 2 aromatic carbocycles. The van der Waals surface area contributed by atoms with E-state index in [0.29, 0.717) is 12.8 Å². The van der Waals surface area contributed by atoms with Crippen LogP contribution in [0.2, 0.25) is 0 Å². The van der Waals surface area contributed by atoms with Gasteiger partial charge in [-0.1, -0.05) is 42.5 Å². The van der Waals surface area contributed by atoms with Gasteiger partial charge in [0, 0.05) is 31.3 Å². The summed E-state index contributed by atoms with van der Waals surface area (Å²) >= 11 is 0. The topological polar surface area (TPSA) is 237 Å². The number of fused-ring (bicyclic) bond motifs is 1. The van der Waals surface area contributed by atoms with E-state index in [4.69, 9.17) is 10.8 Å². The third-order valence-corrected chi connectivity index (χ3v) is 9.08. The molecule has 2 fully saturated rings. The summed E-state index contributed by atoms with van der Waals surface area (Å²) in [5.41, 5.74) is 7.01. The van der Waals surface area contributed by atoms with E-state index < -0.39 is 48.5 Å². The molecular weight excluding hydrogens is 610 g/mol. The van der Waals surface area contributed by atoms with E-state index in [1.807, 2.05) is 42.5 Å². The van der Waals surface area contributed by atoms with Crippen LogP contribution in [-0.4, -0.2) is 81.8 Å². The maximum atomic E-state index is 13.3. The van der Waals surface area contributed by atoms with Gasteiger partial charge in [-0.3, -0.25) is 14.4 Å². The van der Waals surface area contributed by atoms with E-state index in [2.05, 4.69) is 21.3 Å². The molecule has 1 spiro atoms. The Hall–Kier alpha value is -4.72. The Balaban J connectivity index is 1.27. The van der Waals surface area contributed by atoms with E-state index in [9.17, 15) is 39.0 Å². The highest BCUT2D eigenvalue weighted by atomic mass is 16.4. The highest BCUT2D eigenvalue weighted by Gasteiger charge is 2.54. The van der Waals surface area contributed by atoms with Gasteiger partial charge in [0.05, 0.1) is 0 Å². The minimum Gasteiger partial charge on any atom is -0.481 e. The molecule has 0 bridgehead atoms. The molecule has 0 aliphatic heterocycles. The van der Waals surface area contributed by atoms with Crippen molar-refractivity contribution in [2.24, 2.45) is 17.1 Å². The second-order valence-electron chi connectivity index (χ2n) is 12.8. The summed E-state index contributed by atoms with van der Waals surface area (Å²) in [5.74, 6) is -4.68. The number of hydrogen-bond donors (Lipinski definition) is 8. The van der Waals surface area contributed by atoms with Crippen molar-refractivity contribution in [3.8, 4) is 0 Å². The lowest BCUT2D eigenvalue weighted by Crippen LogP contribution is -2.58. The summed E-state index contributed by atoms with van der Waals surface area (Å²) in [4.78, 5) is 72.5. The highest BCUT2D eigenvalue weighted by molar-refractivity contribution is 5.90. The number of nitrogens with two attached hydrogens (primary N) is 1. The van der Waals surface area contributed by atoms with Crippen LogP contribution < -0.4 is 27.0 Å². The SMILES string of the molecule is NC1CC2(C1)CC(C(=O)N[C@@H](Cc1ccc3ccccc3c1)C(=O)NCCCC[C@H](NC(=O)N[C@@H](CCC(=O)O)C(=O)O)C(=O)O)C2. The van der Waals surface area contributed by atoms with Gasteiger partial charge in [0.15, 0.2) is 0 Å². The first-order chi connectivity index (χ1) is 22.3. The van der Waals surface area contributed by atoms with Crippen LogP contribution in [0.5, 0.6) is 0 Å². The van der Waals surface area contributed by atoms with E-state index in [0.717, 1.165) is 42.0 Å². The lowest BCUT2D eigenvalue weighted by Gasteiger charge is -2.56. The molecule has 47 heavy (non-hydrogen) atoms. The quantitative estimate of drug-likeness (QED) is 0.115. The molecule has 9 N–H and O–H groups in total. The lowest BCUT2D eigenvalue weighted by molar-refractivity contribution is -0.141. The van der Waals surface area contributed by atoms with Gasteiger partial charge in [0.1, 0.15) is 18.1 Å². The van der Waals surface area contributed by atoms with Gasteiger partial charge in [-0.2, -0.15) is 0 Å². The normalized spacial score (nSPS) is 21.7. The summed E-state index contributed by atoms with van der Waals surface area (Å²) in [6, 6.07) is 9.26. The van der Waals surface area contributed by atoms with Gasteiger partial charge in [-0.25, -0.2) is 14.4 Å². The third-order valence-electron chi connectivity index (χ3n) is 9.08. The van der Waals surface area contributed by atoms with Crippen LogP contribution in [0.1, 0.15) is 63.4 Å². The number of urea groups is 1. The molecule has 3 atom stereocenters. The van der Waals surface area contributed by atoms with Crippen LogP contribution in [0.25, 0.3) is 10.8 Å². The van der Waals surface area contributed by atoms with Crippen LogP contribution >= 0.6 is 0 Å². The summed E-state index contributed by atoms with van der Waals surface area (Å²) in [5, 5.41) is 39.7. The predicted molar refractivity (Wildman–Crippen MR) is 170 cm³/mol. The lowest BCUT2D eigenvalue weighted by atomic mass is 9.50. The van der Waals surface area contributed by atoms with E-state index in [1.54, 1.807) is 0 Å². The second-order valence-corrected chi connectivity index (χ2v) is 12.8. The number of carbonyl (C=O) groups is 6. The number of carbonyl (C=O) groups excluding carboxylic acids is 3. The van der Waals surface area contributed by atoms with Crippen LogP contribution in [-0.2, 0) is 30.4 Å². The number of aliphatic carboxylic acids is 3. The fourth-order valence-corrected chi connectivity index (χ4v) is 6.61. The molecular formula is C33H43N5O9. The van der Waals surface area contributed by atoms with Gasteiger partial charge in [-0.15, -0.1) is 0 Å². The molecule has 2 aliphatic carbocycles. The molecule has 0 heterocycles. The van der Waals surface area contributed by atoms with Crippen LogP contribution in [0.4, 0.5) is 4.79 Å². The average Bonchev–Trinajstić information content (AvgIpc) is 2.98. The first-order valence-corrected chi connectivity index (χ1v) is 15.9. The van der Waals surface area contributed by atoms with Gasteiger partial charge >= 0.3 is 23.9 Å². The Labute approximate surface area is 271 Å². The van der Waals surface area contributed by atoms with Crippen molar-refractivity contribution in [3.05, 3.63) is 48.0 Å². The number of amides is 4. The van der Waals surface area contributed by atoms with E-state index >= 15 is 0 Å². The number of unbranched alkanes of at least 4 members (excludes halogenated alkanes) is 1. The van der Waals surface area contributed by atoms with Gasteiger partial charge in [0.2, 0.25) is 11.8 Å². The van der Waals surface area contributed by atoms with Gasteiger partial charge in [-0.05, 0) is 73.1 Å². The molecule has 0 unspecified atom stereocenters. The fourth-order valence-electron chi connectivity index (χ4n) is 6.61. The highest BCUT2D eigenvalue weighted by Crippen LogP contribution is 2.58. The minimum atomic E-state index is -1.50. The van der Waals surface area contributed by atoms with Crippen molar-refractivity contribution in [2.75, 3.05) is 6.54 Å². The van der Waals surface area contributed by atoms with Crippen LogP contribution in [0.15, 0.2) is 42.5 Å². The average molecular weight is 654 g/mol. The maximum absolute atomic E-state index is 13.3. The smallest absolute Gasteiger partial charge is 0.326 e. The molecule has 2 saturated carbocycles. The number of carboxylic acid groups (broad SMARTS) is 3. The van der Waals surface area contributed by atoms with Crippen molar-refractivity contribution < 1.29 is 44.1 Å². The Kier molecular flexibility index (Phi) is 11.8. The van der Waals surface area contributed by atoms with Crippen molar-refractivity contribution in [1.29, 1.82) is 0 Å². The standard InChI is InChI=1S/C33H43N5O9/c34-23-17-33(18-23)15-22(16-33)28(41)36-26(14-19-8-9-20-5-1-2-6-21(20)13-19)29(42)35-12-4-3-7-24(30(43)44)37-32(47)38-25(31(45)46)10-11-27(39)40/h1-2,5-6,8-9,13,22-26H,3-4,7,10-12,14-18,34H2,(H,35,42)(H,36,41)(H,39,40)(H,43,44)(H,45,46)(H2,37,38,47)/t22?,23?,24-,25-,26-,33?/m0/s1. The monoisotopic (exact) mass is 653 g/mol. The fraction of sp³-hybridized carbons (Fsp3) is 0.515. The molecule has 14 nitrogen and oxygen atoms in total. The van der Waals surface area contributed by atoms with Crippen LogP contribution in [0, 0.1) is 11.3 Å². The Bertz CT molecular complexity index is 1480. The van der Waals surface area contributed by atoms with E-state index in [-0.39, 0.29) is 55.0 Å². The van der Waals surface area contributed by atoms with Crippen molar-refractivity contribution in [3.63, 3.8) is 0 Å². The molecule has 254 valence electrons. The van der Waals surface area contributed by atoms with Gasteiger partial charge in [0.25, 0.3) is 0 Å². The molecule has 0 radical (unpaired) electrons. The Morgan fingerprint density at radius 1 is 0.787 bits per heavy atom. The Morgan fingerprint density at radius 2 is 1.43 bits per heavy atom. The minimum absolute atomic E-state index is 0.00414. The number of carboxylic acids is 3. The molecule has 0 aromatic heterocycles. The summed E-state index contributed by atoms with van der Waals surface area (Å²) in [7, 11) is 0. The Morgan fingerprint density at radius 3 is 2.04 bits per heavy atom. The number of nitrogens with one attached hydrogen (secondary N) is 4. The first-order valence-electron chi connectivity index (χ1n) is 15.9. The molecule has 4 rings (SSSR count). The maximum Gasteiger partial charge on any atom is 0.326 e. The van der Waals surface area contributed by atoms with Crippen molar-refractivity contribution >= 4 is 46.5 Å². The molecule has 2 aromatic rings. The summed E-state index contributed by atoms with van der Waals surface area (Å²) in [6.07, 6.45) is 3.49. The predicted octanol–water partition coefficient (Wildman–Crippen LogP) is 1.74. The number of benzene rings is 2. The van der Waals surface area contributed by atoms with Crippen LogP contribution in [0.3, 0.4) is 0 Å². The number of rotatable bonds is 17. The molecule has 14 heteroatoms.